The van der Waals surface area contributed by atoms with E-state index in [1.807, 2.05) is 4.90 Å². The first-order chi connectivity index (χ1) is 9.08. The van der Waals surface area contributed by atoms with Crippen molar-refractivity contribution in [3.63, 3.8) is 0 Å². The van der Waals surface area contributed by atoms with Crippen molar-refractivity contribution in [1.82, 2.24) is 9.97 Å². The Balaban J connectivity index is 2.23. The number of aromatic amines is 1. The molecule has 6 nitrogen and oxygen atoms in total. The molecule has 0 aliphatic carbocycles. The van der Waals surface area contributed by atoms with E-state index in [1.54, 1.807) is 6.20 Å². The van der Waals surface area contributed by atoms with Gasteiger partial charge in [0.15, 0.2) is 0 Å². The summed E-state index contributed by atoms with van der Waals surface area (Å²) >= 11 is 3.40. The average Bonchev–Trinajstić information content (AvgIpc) is 2.96. The molecular formula is C12H12BrN4O2. The molecule has 2 aromatic heterocycles. The summed E-state index contributed by atoms with van der Waals surface area (Å²) in [4.78, 5) is 20.6. The van der Waals surface area contributed by atoms with Crippen molar-refractivity contribution >= 4 is 38.6 Å². The number of primary amides is 1. The monoisotopic (exact) mass is 323 g/mol. The predicted octanol–water partition coefficient (Wildman–Crippen LogP) is 0.795. The first-order valence-electron chi connectivity index (χ1n) is 5.89. The van der Waals surface area contributed by atoms with E-state index in [0.717, 1.165) is 17.6 Å². The van der Waals surface area contributed by atoms with Gasteiger partial charge in [0, 0.05) is 25.4 Å². The Morgan fingerprint density at radius 3 is 3.11 bits per heavy atom. The molecule has 1 radical (unpaired) electrons. The van der Waals surface area contributed by atoms with Crippen LogP contribution in [0.25, 0.3) is 11.0 Å². The van der Waals surface area contributed by atoms with Gasteiger partial charge in [-0.2, -0.15) is 0 Å². The minimum atomic E-state index is -0.593. The quantitative estimate of drug-likeness (QED) is 0.761. The van der Waals surface area contributed by atoms with E-state index in [4.69, 9.17) is 5.73 Å². The Kier molecular flexibility index (Phi) is 2.94. The maximum Gasteiger partial charge on any atom is 0.268 e. The van der Waals surface area contributed by atoms with Gasteiger partial charge in [-0.3, -0.25) is 4.79 Å². The SMILES string of the molecule is NC(=O)c1nc2[nH]c[c]c2c(N2CC[C@@H](O)C2)c1Br. The van der Waals surface area contributed by atoms with Gasteiger partial charge in [-0.1, -0.05) is 0 Å². The summed E-state index contributed by atoms with van der Waals surface area (Å²) in [6.07, 6.45) is 1.99. The molecule has 1 aliphatic rings. The fourth-order valence-electron chi connectivity index (χ4n) is 2.37. The number of pyridine rings is 1. The summed E-state index contributed by atoms with van der Waals surface area (Å²) in [5, 5.41) is 10.5. The number of halogens is 1. The number of nitrogens with one attached hydrogen (secondary N) is 1. The normalized spacial score (nSPS) is 19.3. The maximum atomic E-state index is 11.5. The van der Waals surface area contributed by atoms with Crippen LogP contribution >= 0.6 is 15.9 Å². The summed E-state index contributed by atoms with van der Waals surface area (Å²) < 4.78 is 0.553. The van der Waals surface area contributed by atoms with E-state index in [0.29, 0.717) is 23.1 Å². The molecule has 0 unspecified atom stereocenters. The minimum absolute atomic E-state index is 0.180. The van der Waals surface area contributed by atoms with Crippen LogP contribution in [0.4, 0.5) is 5.69 Å². The highest BCUT2D eigenvalue weighted by atomic mass is 79.9. The van der Waals surface area contributed by atoms with Crippen LogP contribution in [-0.2, 0) is 0 Å². The number of amides is 1. The number of fused-ring (bicyclic) bond motifs is 1. The minimum Gasteiger partial charge on any atom is -0.391 e. The standard InChI is InChI=1S/C12H12BrN4O2/c13-8-9(11(14)19)16-12-7(1-3-15-12)10(8)17-4-2-6(18)5-17/h3,6,18H,2,4-5H2,(H2,14,19)(H,15,16)/t6-/m1/s1. The lowest BCUT2D eigenvalue weighted by molar-refractivity contribution is 0.0995. The zero-order valence-electron chi connectivity index (χ0n) is 9.98. The smallest absolute Gasteiger partial charge is 0.268 e. The lowest BCUT2D eigenvalue weighted by Crippen LogP contribution is -2.23. The lowest BCUT2D eigenvalue weighted by atomic mass is 10.2. The number of carbonyl (C=O) groups excluding carboxylic acids is 1. The Bertz CT molecular complexity index is 654. The van der Waals surface area contributed by atoms with Gasteiger partial charge >= 0.3 is 0 Å². The average molecular weight is 324 g/mol. The highest BCUT2D eigenvalue weighted by molar-refractivity contribution is 9.10. The molecule has 3 heterocycles. The number of aromatic nitrogens is 2. The van der Waals surface area contributed by atoms with Crippen molar-refractivity contribution in [3.8, 4) is 0 Å². The first kappa shape index (κ1) is 12.4. The molecule has 0 saturated carbocycles. The van der Waals surface area contributed by atoms with Crippen molar-refractivity contribution < 1.29 is 9.90 Å². The number of H-pyrrole nitrogens is 1. The number of hydrogen-bond donors (Lipinski definition) is 3. The number of nitrogens with zero attached hydrogens (tertiary/aromatic N) is 2. The number of aliphatic hydroxyl groups is 1. The largest absolute Gasteiger partial charge is 0.391 e. The summed E-state index contributed by atoms with van der Waals surface area (Å²) in [5.41, 5.74) is 6.89. The van der Waals surface area contributed by atoms with Crippen molar-refractivity contribution in [2.45, 2.75) is 12.5 Å². The van der Waals surface area contributed by atoms with Gasteiger partial charge in [0.2, 0.25) is 0 Å². The number of hydrogen-bond acceptors (Lipinski definition) is 4. The molecule has 4 N–H and O–H groups in total. The second-order valence-corrected chi connectivity index (χ2v) is 5.33. The fraction of sp³-hybridized carbons (Fsp3) is 0.333. The van der Waals surface area contributed by atoms with E-state index in [-0.39, 0.29) is 11.8 Å². The molecule has 19 heavy (non-hydrogen) atoms. The molecular weight excluding hydrogens is 312 g/mol. The number of carbonyl (C=O) groups is 1. The molecule has 99 valence electrons. The summed E-state index contributed by atoms with van der Waals surface area (Å²) in [6, 6.07) is 3.06. The van der Waals surface area contributed by atoms with Crippen molar-refractivity contribution in [3.05, 3.63) is 22.4 Å². The van der Waals surface area contributed by atoms with Crippen LogP contribution in [0.2, 0.25) is 0 Å². The number of rotatable bonds is 2. The molecule has 0 spiro atoms. The van der Waals surface area contributed by atoms with E-state index >= 15 is 0 Å². The molecule has 1 fully saturated rings. The molecule has 1 amide bonds. The van der Waals surface area contributed by atoms with E-state index in [1.165, 1.54) is 0 Å². The predicted molar refractivity (Wildman–Crippen MR) is 74.0 cm³/mol. The molecule has 3 rings (SSSR count). The Labute approximate surface area is 117 Å². The summed E-state index contributed by atoms with van der Waals surface area (Å²) in [6.45, 7) is 1.24. The third kappa shape index (κ3) is 1.98. The number of anilines is 1. The topological polar surface area (TPSA) is 95.2 Å². The Morgan fingerprint density at radius 2 is 2.47 bits per heavy atom. The van der Waals surface area contributed by atoms with Gasteiger partial charge in [0.05, 0.1) is 21.7 Å². The van der Waals surface area contributed by atoms with Gasteiger partial charge in [0.25, 0.3) is 5.91 Å². The third-order valence-corrected chi connectivity index (χ3v) is 4.00. The number of β-amino-alcohol motifs (C(OH)–C–C–N with tert-alkyl or cyclic N) is 1. The van der Waals surface area contributed by atoms with Crippen LogP contribution in [0, 0.1) is 6.07 Å². The molecule has 0 aromatic carbocycles. The van der Waals surface area contributed by atoms with Gasteiger partial charge in [-0.05, 0) is 22.4 Å². The number of nitrogens with two attached hydrogens (primary N) is 1. The molecule has 7 heteroatoms. The molecule has 1 atom stereocenters. The second kappa shape index (κ2) is 4.50. The van der Waals surface area contributed by atoms with Crippen LogP contribution < -0.4 is 10.6 Å². The summed E-state index contributed by atoms with van der Waals surface area (Å²) in [7, 11) is 0. The van der Waals surface area contributed by atoms with Crippen molar-refractivity contribution in [2.24, 2.45) is 5.73 Å². The van der Waals surface area contributed by atoms with Crippen LogP contribution in [-0.4, -0.2) is 40.2 Å². The zero-order valence-corrected chi connectivity index (χ0v) is 11.6. The highest BCUT2D eigenvalue weighted by Crippen LogP contribution is 2.36. The van der Waals surface area contributed by atoms with Crippen molar-refractivity contribution in [2.75, 3.05) is 18.0 Å². The Morgan fingerprint density at radius 1 is 1.68 bits per heavy atom. The number of aliphatic hydroxyl groups excluding tert-OH is 1. The van der Waals surface area contributed by atoms with Crippen LogP contribution in [0.5, 0.6) is 0 Å². The van der Waals surface area contributed by atoms with Crippen LogP contribution in [0.3, 0.4) is 0 Å². The molecule has 2 aromatic rings. The van der Waals surface area contributed by atoms with E-state index in [9.17, 15) is 9.90 Å². The summed E-state index contributed by atoms with van der Waals surface area (Å²) in [5.74, 6) is -0.593. The lowest BCUT2D eigenvalue weighted by Gasteiger charge is -2.21. The van der Waals surface area contributed by atoms with Crippen LogP contribution in [0.1, 0.15) is 16.9 Å². The van der Waals surface area contributed by atoms with Gasteiger partial charge in [-0.15, -0.1) is 0 Å². The van der Waals surface area contributed by atoms with E-state index in [2.05, 4.69) is 32.0 Å². The maximum absolute atomic E-state index is 11.5. The van der Waals surface area contributed by atoms with Crippen LogP contribution in [0.15, 0.2) is 10.7 Å². The third-order valence-electron chi connectivity index (χ3n) is 3.25. The molecule has 0 bridgehead atoms. The Hall–Kier alpha value is -1.60. The molecule has 1 aliphatic heterocycles. The zero-order chi connectivity index (χ0) is 13.6. The van der Waals surface area contributed by atoms with Crippen molar-refractivity contribution in [1.29, 1.82) is 0 Å². The highest BCUT2D eigenvalue weighted by Gasteiger charge is 2.27. The van der Waals surface area contributed by atoms with Gasteiger partial charge in [0.1, 0.15) is 11.3 Å². The fourth-order valence-corrected chi connectivity index (χ4v) is 3.11. The molecule has 1 saturated heterocycles. The van der Waals surface area contributed by atoms with Gasteiger partial charge < -0.3 is 20.7 Å². The van der Waals surface area contributed by atoms with E-state index < -0.39 is 5.91 Å². The first-order valence-corrected chi connectivity index (χ1v) is 6.68. The second-order valence-electron chi connectivity index (χ2n) is 4.53. The van der Waals surface area contributed by atoms with Gasteiger partial charge in [-0.25, -0.2) is 4.98 Å².